The molecular weight excluding hydrogens is 536 g/mol. The number of hydrogen-bond donors (Lipinski definition) is 2. The summed E-state index contributed by atoms with van der Waals surface area (Å²) in [6.45, 7) is 2.49. The van der Waals surface area contributed by atoms with Crippen molar-refractivity contribution < 1.29 is 18.7 Å². The molecule has 2 atom stereocenters. The highest BCUT2D eigenvalue weighted by atomic mass is 35.5. The van der Waals surface area contributed by atoms with Gasteiger partial charge in [0.25, 0.3) is 0 Å². The lowest BCUT2D eigenvalue weighted by molar-refractivity contribution is -0.119. The first-order valence-corrected chi connectivity index (χ1v) is 13.2. The second-order valence-electron chi connectivity index (χ2n) is 8.80. The number of thiocarbonyl (C=S) groups is 1. The Balaban J connectivity index is 1.50. The van der Waals surface area contributed by atoms with Crippen molar-refractivity contribution in [2.24, 2.45) is 0 Å². The highest BCUT2D eigenvalue weighted by Crippen LogP contribution is 2.44. The molecule has 0 radical (unpaired) electrons. The molecule has 10 heteroatoms. The Hall–Kier alpha value is -3.92. The van der Waals surface area contributed by atoms with Gasteiger partial charge in [-0.05, 0) is 85.9 Å². The first-order chi connectivity index (χ1) is 19.0. The number of anilines is 2. The molecule has 1 amide bonds. The van der Waals surface area contributed by atoms with Crippen LogP contribution in [0.15, 0.2) is 83.4 Å². The fraction of sp³-hybridized carbons (Fsp3) is 0.207. The van der Waals surface area contributed by atoms with Gasteiger partial charge in [-0.25, -0.2) is 0 Å². The maximum Gasteiger partial charge on any atom is 0.250 e. The summed E-state index contributed by atoms with van der Waals surface area (Å²) in [5, 5.41) is 7.03. The van der Waals surface area contributed by atoms with E-state index in [1.807, 2.05) is 72.5 Å². The van der Waals surface area contributed by atoms with E-state index in [2.05, 4.69) is 15.6 Å². The van der Waals surface area contributed by atoms with E-state index in [9.17, 15) is 4.79 Å². The van der Waals surface area contributed by atoms with E-state index in [4.69, 9.17) is 37.7 Å². The molecule has 1 saturated heterocycles. The van der Waals surface area contributed by atoms with Crippen LogP contribution in [-0.4, -0.2) is 36.3 Å². The van der Waals surface area contributed by atoms with Gasteiger partial charge >= 0.3 is 0 Å². The van der Waals surface area contributed by atoms with Crippen molar-refractivity contribution >= 4 is 46.2 Å². The number of rotatable bonds is 9. The molecule has 8 nitrogen and oxygen atoms in total. The third-order valence-electron chi connectivity index (χ3n) is 6.25. The van der Waals surface area contributed by atoms with E-state index in [0.29, 0.717) is 28.2 Å². The molecule has 2 aromatic carbocycles. The summed E-state index contributed by atoms with van der Waals surface area (Å²) in [4.78, 5) is 18.5. The summed E-state index contributed by atoms with van der Waals surface area (Å²) in [5.74, 6) is 1.94. The van der Waals surface area contributed by atoms with Gasteiger partial charge in [0.1, 0.15) is 29.9 Å². The van der Waals surface area contributed by atoms with Crippen LogP contribution >= 0.6 is 23.8 Å². The second-order valence-corrected chi connectivity index (χ2v) is 9.60. The van der Waals surface area contributed by atoms with Crippen molar-refractivity contribution in [2.75, 3.05) is 30.5 Å². The highest BCUT2D eigenvalue weighted by molar-refractivity contribution is 7.80. The fourth-order valence-corrected chi connectivity index (χ4v) is 5.11. The minimum absolute atomic E-state index is 0.0682. The molecule has 2 unspecified atom stereocenters. The van der Waals surface area contributed by atoms with Crippen LogP contribution in [0.5, 0.6) is 5.75 Å². The molecule has 200 valence electrons. The van der Waals surface area contributed by atoms with Crippen molar-refractivity contribution in [3.05, 3.63) is 95.5 Å². The van der Waals surface area contributed by atoms with Crippen molar-refractivity contribution in [3.63, 3.8) is 0 Å². The quantitative estimate of drug-likeness (QED) is 0.235. The monoisotopic (exact) mass is 562 g/mol. The van der Waals surface area contributed by atoms with Crippen molar-refractivity contribution in [3.8, 4) is 17.1 Å². The van der Waals surface area contributed by atoms with Gasteiger partial charge in [-0.2, -0.15) is 0 Å². The summed E-state index contributed by atoms with van der Waals surface area (Å²) < 4.78 is 16.9. The molecule has 5 rings (SSSR count). The zero-order valence-electron chi connectivity index (χ0n) is 21.4. The maximum atomic E-state index is 12.0. The number of amides is 1. The smallest absolute Gasteiger partial charge is 0.250 e. The Bertz CT molecular complexity index is 1460. The Labute approximate surface area is 236 Å². The molecule has 1 fully saturated rings. The first-order valence-electron chi connectivity index (χ1n) is 12.4. The number of hydrogen-bond acceptors (Lipinski definition) is 6. The number of benzene rings is 2. The molecule has 39 heavy (non-hydrogen) atoms. The molecule has 4 aromatic rings. The van der Waals surface area contributed by atoms with Gasteiger partial charge in [-0.15, -0.1) is 0 Å². The fourth-order valence-electron chi connectivity index (χ4n) is 4.54. The maximum absolute atomic E-state index is 12.0. The third-order valence-corrected chi connectivity index (χ3v) is 6.87. The number of nitrogens with one attached hydrogen (secondary N) is 2. The van der Waals surface area contributed by atoms with E-state index >= 15 is 0 Å². The number of ether oxygens (including phenoxy) is 2. The topological polar surface area (TPSA) is 88.9 Å². The van der Waals surface area contributed by atoms with E-state index in [0.717, 1.165) is 28.5 Å². The predicted octanol–water partition coefficient (Wildman–Crippen LogP) is 6.16. The first kappa shape index (κ1) is 26.7. The Morgan fingerprint density at radius 2 is 1.97 bits per heavy atom. The number of carbonyl (C=O) groups is 1. The van der Waals surface area contributed by atoms with E-state index < -0.39 is 0 Å². The molecule has 0 saturated carbocycles. The number of methoxy groups -OCH3 is 1. The lowest BCUT2D eigenvalue weighted by atomic mass is 10.0. The zero-order chi connectivity index (χ0) is 27.4. The number of nitrogens with zero attached hydrogens (tertiary/aromatic N) is 2. The van der Waals surface area contributed by atoms with Crippen LogP contribution in [0, 0.1) is 0 Å². The summed E-state index contributed by atoms with van der Waals surface area (Å²) in [5.41, 5.74) is 2.97. The normalized spacial score (nSPS) is 16.7. The summed E-state index contributed by atoms with van der Waals surface area (Å²) in [6.07, 6.45) is 1.75. The largest absolute Gasteiger partial charge is 0.494 e. The van der Waals surface area contributed by atoms with Crippen LogP contribution in [-0.2, 0) is 9.53 Å². The van der Waals surface area contributed by atoms with Crippen LogP contribution in [0.25, 0.3) is 11.3 Å². The van der Waals surface area contributed by atoms with Crippen molar-refractivity contribution in [1.82, 2.24) is 10.3 Å². The molecule has 0 aliphatic carbocycles. The molecule has 0 spiro atoms. The molecule has 1 aliphatic rings. The Morgan fingerprint density at radius 3 is 2.67 bits per heavy atom. The van der Waals surface area contributed by atoms with Gasteiger partial charge in [-0.3, -0.25) is 9.78 Å². The van der Waals surface area contributed by atoms with Gasteiger partial charge < -0.3 is 29.4 Å². The average Bonchev–Trinajstić information content (AvgIpc) is 3.56. The van der Waals surface area contributed by atoms with E-state index in [1.165, 1.54) is 7.11 Å². The summed E-state index contributed by atoms with van der Waals surface area (Å²) >= 11 is 12.4. The predicted molar refractivity (Wildman–Crippen MR) is 155 cm³/mol. The molecule has 0 bridgehead atoms. The summed E-state index contributed by atoms with van der Waals surface area (Å²) in [7, 11) is 1.46. The minimum Gasteiger partial charge on any atom is -0.494 e. The van der Waals surface area contributed by atoms with Gasteiger partial charge in [0, 0.05) is 24.6 Å². The number of aromatic nitrogens is 1. The van der Waals surface area contributed by atoms with Crippen molar-refractivity contribution in [2.45, 2.75) is 19.0 Å². The zero-order valence-corrected chi connectivity index (χ0v) is 23.0. The lowest BCUT2D eigenvalue weighted by Gasteiger charge is -2.26. The van der Waals surface area contributed by atoms with Crippen LogP contribution in [0.3, 0.4) is 0 Å². The van der Waals surface area contributed by atoms with E-state index in [-0.39, 0.29) is 24.6 Å². The molecule has 2 N–H and O–H groups in total. The average molecular weight is 563 g/mol. The van der Waals surface area contributed by atoms with Crippen LogP contribution < -0.4 is 20.3 Å². The standard InChI is InChI=1S/C29H27ClN4O4S/c1-3-37-20-10-7-18(8-11-20)24-13-14-25(38-24)28-27(23-6-4-5-15-31-23)33-29(39)34(28)19-9-12-22(21(30)16-19)32-26(35)17-36-2/h4-16,27-28H,3,17H2,1-2H3,(H,32,35)(H,33,39). The Morgan fingerprint density at radius 1 is 1.15 bits per heavy atom. The SMILES string of the molecule is CCOc1ccc(-c2ccc(C3C(c4ccccn4)NC(=S)N3c3ccc(NC(=O)COC)c(Cl)c3)o2)cc1. The van der Waals surface area contributed by atoms with E-state index in [1.54, 1.807) is 18.3 Å². The summed E-state index contributed by atoms with van der Waals surface area (Å²) in [6, 6.07) is 22.2. The minimum atomic E-state index is -0.353. The van der Waals surface area contributed by atoms with Gasteiger partial charge in [0.15, 0.2) is 5.11 Å². The molecule has 2 aromatic heterocycles. The number of furan rings is 1. The molecule has 3 heterocycles. The second kappa shape index (κ2) is 11.9. The van der Waals surface area contributed by atoms with Gasteiger partial charge in [-0.1, -0.05) is 17.7 Å². The number of pyridine rings is 1. The van der Waals surface area contributed by atoms with Crippen molar-refractivity contribution in [1.29, 1.82) is 0 Å². The lowest BCUT2D eigenvalue weighted by Crippen LogP contribution is -2.29. The van der Waals surface area contributed by atoms with Crippen LogP contribution in [0.1, 0.15) is 30.5 Å². The van der Waals surface area contributed by atoms with Gasteiger partial charge in [0.05, 0.1) is 29.1 Å². The number of carbonyl (C=O) groups excluding carboxylic acids is 1. The van der Waals surface area contributed by atoms with Gasteiger partial charge in [0.2, 0.25) is 5.91 Å². The number of halogens is 1. The highest BCUT2D eigenvalue weighted by Gasteiger charge is 2.42. The van der Waals surface area contributed by atoms with Crippen LogP contribution in [0.2, 0.25) is 5.02 Å². The third kappa shape index (κ3) is 5.75. The Kier molecular flexibility index (Phi) is 8.11. The molecule has 1 aliphatic heterocycles. The van der Waals surface area contributed by atoms with Crippen LogP contribution in [0.4, 0.5) is 11.4 Å². The molecular formula is C29H27ClN4O4S.